The zero-order valence-corrected chi connectivity index (χ0v) is 30.3. The average molecular weight is 762 g/mol. The number of benzene rings is 3. The van der Waals surface area contributed by atoms with Crippen LogP contribution in [0.1, 0.15) is 40.6 Å². The number of fused-ring (bicyclic) bond motifs is 18. The second-order valence-corrected chi connectivity index (χ2v) is 14.0. The second kappa shape index (κ2) is 18.0. The Morgan fingerprint density at radius 1 is 0.673 bits per heavy atom. The van der Waals surface area contributed by atoms with Gasteiger partial charge in [-0.2, -0.15) is 0 Å². The summed E-state index contributed by atoms with van der Waals surface area (Å²) in [6, 6.07) is 25.1. The Morgan fingerprint density at radius 3 is 2.02 bits per heavy atom. The maximum Gasteiger partial charge on any atom is 0.326 e. The van der Waals surface area contributed by atoms with Gasteiger partial charge in [-0.25, -0.2) is 4.79 Å². The number of furan rings is 1. The molecule has 4 heterocycles. The lowest BCUT2D eigenvalue weighted by Crippen LogP contribution is -2.58. The molecule has 13 nitrogen and oxygen atoms in total. The summed E-state index contributed by atoms with van der Waals surface area (Å²) >= 11 is 1.23. The average Bonchev–Trinajstić information content (AvgIpc) is 3.92. The first-order valence-corrected chi connectivity index (χ1v) is 18.5. The third-order valence-corrected chi connectivity index (χ3v) is 9.96. The molecule has 282 valence electrons. The van der Waals surface area contributed by atoms with Gasteiger partial charge in [0, 0.05) is 42.7 Å². The molecule has 0 fully saturated rings. The van der Waals surface area contributed by atoms with Crippen molar-refractivity contribution in [2.24, 2.45) is 0 Å². The minimum atomic E-state index is -1.37. The van der Waals surface area contributed by atoms with Crippen LogP contribution >= 0.6 is 11.3 Å². The third kappa shape index (κ3) is 10.5. The molecule has 3 aromatic carbocycles. The van der Waals surface area contributed by atoms with Crippen molar-refractivity contribution in [1.29, 1.82) is 0 Å². The molecule has 0 spiro atoms. The fourth-order valence-electron chi connectivity index (χ4n) is 6.11. The number of aliphatic carboxylic acids is 1. The van der Waals surface area contributed by atoms with E-state index in [1.807, 2.05) is 54.6 Å². The van der Waals surface area contributed by atoms with Crippen LogP contribution in [0.2, 0.25) is 0 Å². The first-order chi connectivity index (χ1) is 26.6. The van der Waals surface area contributed by atoms with Crippen LogP contribution in [0.15, 0.2) is 119 Å². The van der Waals surface area contributed by atoms with Gasteiger partial charge in [-0.15, -0.1) is 11.3 Å². The molecule has 5 aromatic rings. The van der Waals surface area contributed by atoms with Crippen LogP contribution in [0.3, 0.4) is 0 Å². The van der Waals surface area contributed by atoms with Crippen molar-refractivity contribution in [3.8, 4) is 11.1 Å². The van der Waals surface area contributed by atoms with Crippen LogP contribution < -0.4 is 26.6 Å². The highest BCUT2D eigenvalue weighted by molar-refractivity contribution is 7.10. The Morgan fingerprint density at radius 2 is 1.35 bits per heavy atom. The number of rotatable bonds is 7. The Labute approximate surface area is 320 Å². The van der Waals surface area contributed by atoms with Gasteiger partial charge in [0.1, 0.15) is 29.9 Å². The van der Waals surface area contributed by atoms with E-state index in [4.69, 9.17) is 4.42 Å². The van der Waals surface area contributed by atoms with Crippen molar-refractivity contribution < 1.29 is 38.3 Å². The van der Waals surface area contributed by atoms with E-state index in [-0.39, 0.29) is 32.1 Å². The van der Waals surface area contributed by atoms with Crippen molar-refractivity contribution in [2.45, 2.75) is 56.3 Å². The highest BCUT2D eigenvalue weighted by atomic mass is 32.1. The third-order valence-electron chi connectivity index (χ3n) is 9.02. The van der Waals surface area contributed by atoms with Crippen molar-refractivity contribution in [3.63, 3.8) is 0 Å². The van der Waals surface area contributed by atoms with Crippen molar-refractivity contribution in [2.75, 3.05) is 5.32 Å². The number of carbonyl (C=O) groups excluding carboxylic acids is 5. The molecule has 55 heavy (non-hydrogen) atoms. The van der Waals surface area contributed by atoms with Crippen molar-refractivity contribution in [3.05, 3.63) is 137 Å². The number of thiophene rings is 1. The van der Waals surface area contributed by atoms with E-state index in [2.05, 4.69) is 26.6 Å². The summed E-state index contributed by atoms with van der Waals surface area (Å²) in [5, 5.41) is 25.3. The number of hydrogen-bond acceptors (Lipinski definition) is 8. The fraction of sp³-hybridized carbons (Fsp3) is 0.220. The lowest BCUT2D eigenvalue weighted by atomic mass is 9.99. The number of carboxylic acids is 1. The highest BCUT2D eigenvalue weighted by Crippen LogP contribution is 2.22. The van der Waals surface area contributed by atoms with Crippen LogP contribution in [-0.2, 0) is 48.0 Å². The van der Waals surface area contributed by atoms with E-state index in [1.54, 1.807) is 53.9 Å². The first kappa shape index (κ1) is 38.2. The van der Waals surface area contributed by atoms with E-state index in [9.17, 15) is 33.9 Å². The van der Waals surface area contributed by atoms with Crippen LogP contribution in [0.5, 0.6) is 0 Å². The molecule has 2 aliphatic heterocycles. The SMILES string of the molecule is O=C1CCC(=O)NC(c2cccs2)C(=O)N[C@@H](Cc2ccc(-c3ccccc3)cc2)C(=O)N[C@H](Cc2ccco2)C(=O)N[C@H](C(=O)O)Cc2ccc(cc2)N1. The first-order valence-electron chi connectivity index (χ1n) is 17.6. The molecule has 1 unspecified atom stereocenters. The van der Waals surface area contributed by atoms with Gasteiger partial charge in [-0.05, 0) is 58.0 Å². The van der Waals surface area contributed by atoms with Crippen molar-refractivity contribution in [1.82, 2.24) is 21.3 Å². The highest BCUT2D eigenvalue weighted by Gasteiger charge is 2.33. The van der Waals surface area contributed by atoms with Gasteiger partial charge in [0.05, 0.1) is 6.26 Å². The molecule has 2 bridgehead atoms. The monoisotopic (exact) mass is 761 g/mol. The van der Waals surface area contributed by atoms with Gasteiger partial charge in [0.25, 0.3) is 0 Å². The summed E-state index contributed by atoms with van der Waals surface area (Å²) in [4.78, 5) is 80.9. The molecular weight excluding hydrogens is 723 g/mol. The number of hydrogen-bond donors (Lipinski definition) is 6. The minimum absolute atomic E-state index is 0.000581. The van der Waals surface area contributed by atoms with Gasteiger partial charge >= 0.3 is 5.97 Å². The smallest absolute Gasteiger partial charge is 0.326 e. The summed E-state index contributed by atoms with van der Waals surface area (Å²) < 4.78 is 5.48. The van der Waals surface area contributed by atoms with Gasteiger partial charge in [0.2, 0.25) is 29.5 Å². The molecule has 5 amide bonds. The molecule has 7 rings (SSSR count). The zero-order chi connectivity index (χ0) is 38.7. The molecule has 0 aliphatic carbocycles. The molecule has 4 atom stereocenters. The lowest BCUT2D eigenvalue weighted by molar-refractivity contribution is -0.142. The second-order valence-electron chi connectivity index (χ2n) is 13.0. The van der Waals surface area contributed by atoms with Gasteiger partial charge < -0.3 is 36.1 Å². The normalized spacial score (nSPS) is 20.3. The van der Waals surface area contributed by atoms with Gasteiger partial charge in [0.15, 0.2) is 0 Å². The molecule has 0 radical (unpaired) electrons. The summed E-state index contributed by atoms with van der Waals surface area (Å²) in [5.41, 5.74) is 3.61. The summed E-state index contributed by atoms with van der Waals surface area (Å²) in [6.45, 7) is 0. The Hall–Kier alpha value is -6.54. The summed E-state index contributed by atoms with van der Waals surface area (Å²) in [6.07, 6.45) is 0.793. The van der Waals surface area contributed by atoms with Crippen LogP contribution in [0.4, 0.5) is 5.69 Å². The van der Waals surface area contributed by atoms with Crippen LogP contribution in [-0.4, -0.2) is 58.7 Å². The number of amides is 5. The number of nitrogens with one attached hydrogen (secondary N) is 5. The molecule has 2 aromatic heterocycles. The van der Waals surface area contributed by atoms with Gasteiger partial charge in [-0.1, -0.05) is 72.8 Å². The fourth-order valence-corrected chi connectivity index (χ4v) is 6.89. The molecular formula is C41H39N5O8S. The molecule has 6 N–H and O–H groups in total. The Balaban J connectivity index is 1.33. The molecule has 2 aliphatic rings. The quantitative estimate of drug-likeness (QED) is 0.133. The Kier molecular flexibility index (Phi) is 12.5. The van der Waals surface area contributed by atoms with E-state index in [1.165, 1.54) is 17.6 Å². The predicted molar refractivity (Wildman–Crippen MR) is 205 cm³/mol. The van der Waals surface area contributed by atoms with E-state index in [0.29, 0.717) is 27.5 Å². The molecule has 0 saturated heterocycles. The maximum absolute atomic E-state index is 14.3. The van der Waals surface area contributed by atoms with Crippen LogP contribution in [0, 0.1) is 0 Å². The summed E-state index contributed by atoms with van der Waals surface area (Å²) in [5.74, 6) is -4.15. The van der Waals surface area contributed by atoms with E-state index in [0.717, 1.165) is 11.1 Å². The molecule has 14 heteroatoms. The number of carbonyl (C=O) groups is 6. The number of carboxylic acid groups (broad SMARTS) is 1. The van der Waals surface area contributed by atoms with Crippen LogP contribution in [0.25, 0.3) is 11.1 Å². The van der Waals surface area contributed by atoms with Gasteiger partial charge in [-0.3, -0.25) is 24.0 Å². The van der Waals surface area contributed by atoms with E-state index >= 15 is 0 Å². The molecule has 0 saturated carbocycles. The topological polar surface area (TPSA) is 196 Å². The predicted octanol–water partition coefficient (Wildman–Crippen LogP) is 4.16. The standard InChI is InChI=1S/C41H39N5O8S/c47-35-18-19-36(48)46-37(34-9-5-21-55-34)40(51)44-31(22-25-10-14-28(15-11-25)27-6-2-1-3-7-27)38(49)43-32(24-30-8-4-20-54-30)39(50)45-33(41(52)53)23-26-12-16-29(42-35)17-13-26/h1-17,20-21,31-33,37H,18-19,22-24H2,(H,42,47)(H,43,49)(H,44,51)(H,45,50)(H,46,48)(H,52,53)/t31-,32+,33-,37?/m0/s1. The maximum atomic E-state index is 14.3. The summed E-state index contributed by atoms with van der Waals surface area (Å²) in [7, 11) is 0. The Bertz CT molecular complexity index is 2100. The van der Waals surface area contributed by atoms with Crippen molar-refractivity contribution >= 4 is 52.5 Å². The largest absolute Gasteiger partial charge is 0.480 e. The zero-order valence-electron chi connectivity index (χ0n) is 29.5. The number of anilines is 1. The van der Waals surface area contributed by atoms with E-state index < -0.39 is 59.7 Å². The lowest BCUT2D eigenvalue weighted by Gasteiger charge is -2.26. The minimum Gasteiger partial charge on any atom is -0.480 e.